The molecule has 1 saturated heterocycles. The fourth-order valence-electron chi connectivity index (χ4n) is 3.30. The average molecular weight is 350 g/mol. The molecule has 0 saturated carbocycles. The van der Waals surface area contributed by atoms with Crippen LogP contribution in [-0.2, 0) is 22.4 Å². The highest BCUT2D eigenvalue weighted by atomic mass is 16.2. The Morgan fingerprint density at radius 2 is 1.73 bits per heavy atom. The molecule has 136 valence electrons. The van der Waals surface area contributed by atoms with Crippen molar-refractivity contribution >= 4 is 17.5 Å². The molecule has 1 atom stereocenters. The second kappa shape index (κ2) is 8.17. The van der Waals surface area contributed by atoms with Crippen LogP contribution < -0.4 is 10.2 Å². The molecule has 26 heavy (non-hydrogen) atoms. The molecule has 1 aliphatic rings. The number of benzene rings is 2. The fourth-order valence-corrected chi connectivity index (χ4v) is 3.30. The number of rotatable bonds is 6. The predicted molar refractivity (Wildman–Crippen MR) is 104 cm³/mol. The van der Waals surface area contributed by atoms with Crippen molar-refractivity contribution in [3.05, 3.63) is 65.2 Å². The quantitative estimate of drug-likeness (QED) is 0.813. The van der Waals surface area contributed by atoms with Crippen LogP contribution in [0.4, 0.5) is 5.69 Å². The minimum atomic E-state index is -0.570. The van der Waals surface area contributed by atoms with Crippen molar-refractivity contribution in [2.75, 3.05) is 18.0 Å². The minimum absolute atomic E-state index is 0.0953. The first-order chi connectivity index (χ1) is 12.6. The Bertz CT molecular complexity index is 766. The maximum absolute atomic E-state index is 12.6. The van der Waals surface area contributed by atoms with E-state index in [1.807, 2.05) is 24.3 Å². The van der Waals surface area contributed by atoms with Crippen molar-refractivity contribution in [3.8, 4) is 0 Å². The minimum Gasteiger partial charge on any atom is -0.355 e. The second-order valence-corrected chi connectivity index (χ2v) is 6.88. The fraction of sp³-hybridized carbons (Fsp3) is 0.364. The first-order valence-electron chi connectivity index (χ1n) is 9.32. The van der Waals surface area contributed by atoms with Crippen LogP contribution in [0, 0.1) is 12.8 Å². The molecule has 2 amide bonds. The standard InChI is InChI=1S/C22H26N2O2/c1-3-17-8-10-19(11-9-17)24-15-13-20(22(24)26)21(25)23-14-12-18-6-4-16(2)5-7-18/h4-11,20H,3,12-15H2,1-2H3,(H,23,25). The SMILES string of the molecule is CCc1ccc(N2CCC(C(=O)NCCc3ccc(C)cc3)C2=O)cc1. The summed E-state index contributed by atoms with van der Waals surface area (Å²) in [5, 5.41) is 2.92. The lowest BCUT2D eigenvalue weighted by molar-refractivity contribution is -0.132. The molecule has 2 aromatic rings. The molecule has 4 nitrogen and oxygen atoms in total. The lowest BCUT2D eigenvalue weighted by Gasteiger charge is -2.17. The van der Waals surface area contributed by atoms with Crippen molar-refractivity contribution < 1.29 is 9.59 Å². The van der Waals surface area contributed by atoms with E-state index in [9.17, 15) is 9.59 Å². The molecule has 1 fully saturated rings. The summed E-state index contributed by atoms with van der Waals surface area (Å²) in [6, 6.07) is 16.3. The van der Waals surface area contributed by atoms with E-state index in [2.05, 4.69) is 43.4 Å². The van der Waals surface area contributed by atoms with Gasteiger partial charge in [0.1, 0.15) is 5.92 Å². The third-order valence-corrected chi connectivity index (χ3v) is 5.01. The molecule has 0 bridgehead atoms. The molecule has 1 N–H and O–H groups in total. The topological polar surface area (TPSA) is 49.4 Å². The van der Waals surface area contributed by atoms with E-state index in [1.54, 1.807) is 4.90 Å². The third-order valence-electron chi connectivity index (χ3n) is 5.01. The molecule has 2 aromatic carbocycles. The molecular formula is C22H26N2O2. The van der Waals surface area contributed by atoms with Gasteiger partial charge in [0.05, 0.1) is 0 Å². The van der Waals surface area contributed by atoms with Gasteiger partial charge < -0.3 is 10.2 Å². The van der Waals surface area contributed by atoms with Crippen molar-refractivity contribution in [1.82, 2.24) is 5.32 Å². The van der Waals surface area contributed by atoms with Gasteiger partial charge in [-0.3, -0.25) is 9.59 Å². The largest absolute Gasteiger partial charge is 0.355 e. The van der Waals surface area contributed by atoms with Crippen LogP contribution >= 0.6 is 0 Å². The summed E-state index contributed by atoms with van der Waals surface area (Å²) in [5.41, 5.74) is 4.53. The number of hydrogen-bond acceptors (Lipinski definition) is 2. The van der Waals surface area contributed by atoms with Gasteiger partial charge in [-0.15, -0.1) is 0 Å². The number of nitrogens with one attached hydrogen (secondary N) is 1. The van der Waals surface area contributed by atoms with Crippen LogP contribution in [0.15, 0.2) is 48.5 Å². The highest BCUT2D eigenvalue weighted by Gasteiger charge is 2.37. The van der Waals surface area contributed by atoms with Crippen molar-refractivity contribution in [3.63, 3.8) is 0 Å². The maximum Gasteiger partial charge on any atom is 0.239 e. The number of nitrogens with zero attached hydrogens (tertiary/aromatic N) is 1. The summed E-state index contributed by atoms with van der Waals surface area (Å²) in [7, 11) is 0. The van der Waals surface area contributed by atoms with Gasteiger partial charge >= 0.3 is 0 Å². The molecule has 0 aromatic heterocycles. The van der Waals surface area contributed by atoms with Gasteiger partial charge in [0, 0.05) is 18.8 Å². The third kappa shape index (κ3) is 4.13. The monoisotopic (exact) mass is 350 g/mol. The van der Waals surface area contributed by atoms with Gasteiger partial charge in [-0.25, -0.2) is 0 Å². The Hall–Kier alpha value is -2.62. The molecule has 4 heteroatoms. The van der Waals surface area contributed by atoms with Crippen LogP contribution in [-0.4, -0.2) is 24.9 Å². The van der Waals surface area contributed by atoms with Crippen molar-refractivity contribution in [2.45, 2.75) is 33.1 Å². The Kier molecular flexibility index (Phi) is 5.71. The predicted octanol–water partition coefficient (Wildman–Crippen LogP) is 3.27. The highest BCUT2D eigenvalue weighted by Crippen LogP contribution is 2.25. The zero-order chi connectivity index (χ0) is 18.5. The molecular weight excluding hydrogens is 324 g/mol. The number of aryl methyl sites for hydroxylation is 2. The number of carbonyl (C=O) groups excluding carboxylic acids is 2. The Balaban J connectivity index is 1.53. The van der Waals surface area contributed by atoms with Gasteiger partial charge in [-0.1, -0.05) is 48.9 Å². The maximum atomic E-state index is 12.6. The van der Waals surface area contributed by atoms with Gasteiger partial charge in [0.2, 0.25) is 11.8 Å². The number of hydrogen-bond donors (Lipinski definition) is 1. The molecule has 3 rings (SSSR count). The van der Waals surface area contributed by atoms with E-state index in [-0.39, 0.29) is 11.8 Å². The molecule has 1 heterocycles. The summed E-state index contributed by atoms with van der Waals surface area (Å²) in [6.07, 6.45) is 2.32. The summed E-state index contributed by atoms with van der Waals surface area (Å²) < 4.78 is 0. The molecule has 0 radical (unpaired) electrons. The lowest BCUT2D eigenvalue weighted by atomic mass is 10.1. The van der Waals surface area contributed by atoms with Crippen molar-refractivity contribution in [2.24, 2.45) is 5.92 Å². The van der Waals surface area contributed by atoms with Gasteiger partial charge in [-0.2, -0.15) is 0 Å². The Morgan fingerprint density at radius 3 is 2.38 bits per heavy atom. The average Bonchev–Trinajstić information content (AvgIpc) is 3.05. The summed E-state index contributed by atoms with van der Waals surface area (Å²) in [5.74, 6) is -0.823. The van der Waals surface area contributed by atoms with Crippen molar-refractivity contribution in [1.29, 1.82) is 0 Å². The first kappa shape index (κ1) is 18.2. The van der Waals surface area contributed by atoms with E-state index in [0.717, 1.165) is 18.5 Å². The van der Waals surface area contributed by atoms with E-state index in [1.165, 1.54) is 16.7 Å². The lowest BCUT2D eigenvalue weighted by Crippen LogP contribution is -2.37. The van der Waals surface area contributed by atoms with Gasteiger partial charge in [0.15, 0.2) is 0 Å². The molecule has 1 unspecified atom stereocenters. The van der Waals surface area contributed by atoms with Gasteiger partial charge in [-0.05, 0) is 49.4 Å². The number of anilines is 1. The van der Waals surface area contributed by atoms with E-state index in [0.29, 0.717) is 19.5 Å². The van der Waals surface area contributed by atoms with Crippen LogP contribution in [0.5, 0.6) is 0 Å². The zero-order valence-corrected chi connectivity index (χ0v) is 15.5. The smallest absolute Gasteiger partial charge is 0.239 e. The highest BCUT2D eigenvalue weighted by molar-refractivity contribution is 6.09. The van der Waals surface area contributed by atoms with Gasteiger partial charge in [0.25, 0.3) is 0 Å². The second-order valence-electron chi connectivity index (χ2n) is 6.88. The molecule has 1 aliphatic heterocycles. The first-order valence-corrected chi connectivity index (χ1v) is 9.32. The molecule has 0 aliphatic carbocycles. The van der Waals surface area contributed by atoms with Crippen LogP contribution in [0.2, 0.25) is 0 Å². The van der Waals surface area contributed by atoms with E-state index >= 15 is 0 Å². The van der Waals surface area contributed by atoms with Crippen LogP contribution in [0.3, 0.4) is 0 Å². The number of amides is 2. The normalized spacial score (nSPS) is 16.8. The summed E-state index contributed by atoms with van der Waals surface area (Å²) in [6.45, 7) is 5.31. The summed E-state index contributed by atoms with van der Waals surface area (Å²) >= 11 is 0. The van der Waals surface area contributed by atoms with Crippen LogP contribution in [0.1, 0.15) is 30.0 Å². The van der Waals surface area contributed by atoms with E-state index in [4.69, 9.17) is 0 Å². The Labute approximate surface area is 155 Å². The Morgan fingerprint density at radius 1 is 1.08 bits per heavy atom. The summed E-state index contributed by atoms with van der Waals surface area (Å²) in [4.78, 5) is 26.8. The number of carbonyl (C=O) groups is 2. The zero-order valence-electron chi connectivity index (χ0n) is 15.5. The van der Waals surface area contributed by atoms with Crippen LogP contribution in [0.25, 0.3) is 0 Å². The molecule has 0 spiro atoms. The van der Waals surface area contributed by atoms with E-state index < -0.39 is 5.92 Å².